The quantitative estimate of drug-likeness (QED) is 0.0460. The van der Waals surface area contributed by atoms with Crippen LogP contribution in [0.2, 0.25) is 0 Å². The van der Waals surface area contributed by atoms with E-state index in [1.807, 2.05) is 55.8 Å². The molecule has 354 valence electrons. The van der Waals surface area contributed by atoms with Crippen LogP contribution in [0.1, 0.15) is 88.4 Å². The SMILES string of the molecule is CCc1ccc2ccccc2c1Cc1c(CC(Cc2cc[nH]c2)C(O)CC(=O)C2(c3cc(O)cc(CNC)c3)CCC3SSCC(C)(O)CNCOc4c(O)ccc(c43)C2)ccc(O)c1OC. The molecule has 0 radical (unpaired) electrons. The minimum absolute atomic E-state index is 0.00531. The van der Waals surface area contributed by atoms with Gasteiger partial charge in [-0.15, -0.1) is 0 Å². The van der Waals surface area contributed by atoms with Crippen molar-refractivity contribution in [3.8, 4) is 28.7 Å². The third-order valence-corrected chi connectivity index (χ3v) is 16.8. The van der Waals surface area contributed by atoms with Gasteiger partial charge in [0.2, 0.25) is 0 Å². The number of methoxy groups -OCH3 is 1. The molecule has 1 aromatic heterocycles. The molecule has 5 unspecified atom stereocenters. The number of nitrogens with one attached hydrogen (secondary N) is 3. The summed E-state index contributed by atoms with van der Waals surface area (Å²) >= 11 is 0. The summed E-state index contributed by atoms with van der Waals surface area (Å²) in [7, 11) is 6.56. The average Bonchev–Trinajstić information content (AvgIpc) is 3.75. The Hall–Kier alpha value is -5.15. The number of hydrogen-bond donors (Lipinski definition) is 8. The number of ether oxygens (including phenoxy) is 2. The summed E-state index contributed by atoms with van der Waals surface area (Å²) < 4.78 is 12.2. The zero-order valence-corrected chi connectivity index (χ0v) is 40.4. The van der Waals surface area contributed by atoms with Gasteiger partial charge in [0.25, 0.3) is 0 Å². The largest absolute Gasteiger partial charge is 0.508 e. The van der Waals surface area contributed by atoms with Crippen molar-refractivity contribution in [2.24, 2.45) is 5.92 Å². The minimum Gasteiger partial charge on any atom is -0.508 e. The Balaban J connectivity index is 1.20. The Morgan fingerprint density at radius 1 is 0.970 bits per heavy atom. The fourth-order valence-electron chi connectivity index (χ4n) is 10.3. The van der Waals surface area contributed by atoms with E-state index in [0.717, 1.165) is 56.1 Å². The molecular formula is C54H63N3O8S2. The number of aryl methyl sites for hydroxylation is 1. The molecule has 0 bridgehead atoms. The number of aromatic hydroxyl groups is 3. The van der Waals surface area contributed by atoms with Crippen LogP contribution in [-0.4, -0.2) is 81.2 Å². The molecule has 0 saturated carbocycles. The average molecular weight is 946 g/mol. The molecular weight excluding hydrogens is 883 g/mol. The molecule has 0 spiro atoms. The van der Waals surface area contributed by atoms with E-state index in [1.54, 1.807) is 59.9 Å². The van der Waals surface area contributed by atoms with E-state index >= 15 is 4.79 Å². The first-order valence-electron chi connectivity index (χ1n) is 23.2. The minimum atomic E-state index is -1.19. The maximum Gasteiger partial charge on any atom is 0.167 e. The van der Waals surface area contributed by atoms with E-state index in [4.69, 9.17) is 9.47 Å². The Morgan fingerprint density at radius 2 is 1.78 bits per heavy atom. The second kappa shape index (κ2) is 21.0. The van der Waals surface area contributed by atoms with Gasteiger partial charge in [-0.05, 0) is 138 Å². The third kappa shape index (κ3) is 10.6. The van der Waals surface area contributed by atoms with Crippen molar-refractivity contribution in [3.63, 3.8) is 0 Å². The van der Waals surface area contributed by atoms with E-state index in [1.165, 1.54) is 5.56 Å². The van der Waals surface area contributed by atoms with Crippen molar-refractivity contribution in [3.05, 3.63) is 147 Å². The maximum atomic E-state index is 15.8. The number of ketones is 1. The summed E-state index contributed by atoms with van der Waals surface area (Å²) in [6, 6.07) is 27.0. The lowest BCUT2D eigenvalue weighted by Crippen LogP contribution is -2.41. The number of hydrogen-bond acceptors (Lipinski definition) is 12. The summed E-state index contributed by atoms with van der Waals surface area (Å²) in [5, 5.41) is 66.0. The Labute approximate surface area is 401 Å². The first-order chi connectivity index (χ1) is 32.3. The molecule has 1 aliphatic carbocycles. The molecule has 5 atom stereocenters. The highest BCUT2D eigenvalue weighted by atomic mass is 33.1. The number of phenolic OH excluding ortho intramolecular Hbond substituents is 3. The van der Waals surface area contributed by atoms with Gasteiger partial charge in [0.05, 0.1) is 24.2 Å². The number of aliphatic hydroxyl groups excluding tert-OH is 1. The fourth-order valence-corrected chi connectivity index (χ4v) is 13.5. The van der Waals surface area contributed by atoms with Crippen LogP contribution in [0.5, 0.6) is 28.7 Å². The lowest BCUT2D eigenvalue weighted by molar-refractivity contribution is -0.127. The highest BCUT2D eigenvalue weighted by Crippen LogP contribution is 2.55. The number of phenols is 3. The van der Waals surface area contributed by atoms with E-state index < -0.39 is 23.0 Å². The van der Waals surface area contributed by atoms with Crippen molar-refractivity contribution < 1.29 is 39.8 Å². The number of β-amino-alcohol motifs (C(OH)–C–C–N with tert-alkyl or cyclic N) is 1. The molecule has 6 aromatic rings. The molecule has 13 heteroatoms. The Kier molecular flexibility index (Phi) is 15.2. The van der Waals surface area contributed by atoms with Crippen LogP contribution < -0.4 is 20.1 Å². The van der Waals surface area contributed by atoms with E-state index in [0.29, 0.717) is 68.0 Å². The second-order valence-corrected chi connectivity index (χ2v) is 21.1. The second-order valence-electron chi connectivity index (χ2n) is 18.6. The molecule has 11 nitrogen and oxygen atoms in total. The zero-order chi connectivity index (χ0) is 47.3. The van der Waals surface area contributed by atoms with Crippen LogP contribution in [0.4, 0.5) is 0 Å². The van der Waals surface area contributed by atoms with Crippen molar-refractivity contribution in [2.75, 3.05) is 33.2 Å². The van der Waals surface area contributed by atoms with E-state index in [2.05, 4.69) is 46.8 Å². The number of aromatic nitrogens is 1. The van der Waals surface area contributed by atoms with Crippen molar-refractivity contribution in [2.45, 2.75) is 94.1 Å². The van der Waals surface area contributed by atoms with Crippen molar-refractivity contribution in [1.82, 2.24) is 15.6 Å². The van der Waals surface area contributed by atoms with E-state index in [9.17, 15) is 25.5 Å². The van der Waals surface area contributed by atoms with Gasteiger partial charge in [-0.1, -0.05) is 83.1 Å². The number of rotatable bonds is 15. The van der Waals surface area contributed by atoms with Gasteiger partial charge in [-0.3, -0.25) is 10.1 Å². The maximum absolute atomic E-state index is 15.8. The molecule has 8 N–H and O–H groups in total. The monoisotopic (exact) mass is 945 g/mol. The number of carbonyl (C=O) groups excluding carboxylic acids is 1. The summed E-state index contributed by atoms with van der Waals surface area (Å²) in [5.41, 5.74) is 6.00. The molecule has 2 aliphatic rings. The predicted octanol–water partition coefficient (Wildman–Crippen LogP) is 8.97. The zero-order valence-electron chi connectivity index (χ0n) is 38.7. The highest BCUT2D eigenvalue weighted by molar-refractivity contribution is 8.76. The van der Waals surface area contributed by atoms with Gasteiger partial charge in [-0.25, -0.2) is 0 Å². The van der Waals surface area contributed by atoms with Crippen LogP contribution in [-0.2, 0) is 48.9 Å². The van der Waals surface area contributed by atoms with Crippen LogP contribution in [0.3, 0.4) is 0 Å². The fraction of sp³-hybridized carbons (Fsp3) is 0.389. The normalized spacial score (nSPS) is 20.8. The third-order valence-electron chi connectivity index (χ3n) is 13.7. The molecule has 1 aliphatic heterocycles. The first-order valence-corrected chi connectivity index (χ1v) is 25.6. The van der Waals surface area contributed by atoms with Crippen molar-refractivity contribution in [1.29, 1.82) is 0 Å². The Morgan fingerprint density at radius 3 is 2.55 bits per heavy atom. The van der Waals surface area contributed by atoms with Crippen molar-refractivity contribution >= 4 is 38.1 Å². The number of fused-ring (bicyclic) bond motifs is 1. The molecule has 0 saturated heterocycles. The number of benzene rings is 5. The van der Waals surface area contributed by atoms with Gasteiger partial charge in [0, 0.05) is 60.5 Å². The first kappa shape index (κ1) is 48.3. The summed E-state index contributed by atoms with van der Waals surface area (Å²) in [6.07, 6.45) is 5.81. The van der Waals surface area contributed by atoms with Crippen LogP contribution in [0, 0.1) is 5.92 Å². The predicted molar refractivity (Wildman–Crippen MR) is 269 cm³/mol. The van der Waals surface area contributed by atoms with Crippen LogP contribution in [0.15, 0.2) is 97.3 Å². The smallest absolute Gasteiger partial charge is 0.167 e. The summed E-state index contributed by atoms with van der Waals surface area (Å²) in [6.45, 7) is 4.77. The number of aromatic amines is 1. The summed E-state index contributed by atoms with van der Waals surface area (Å²) in [5.74, 6) is 0.663. The van der Waals surface area contributed by atoms with Crippen LogP contribution in [0.25, 0.3) is 10.8 Å². The Bertz CT molecular complexity index is 2690. The van der Waals surface area contributed by atoms with Gasteiger partial charge in [0.1, 0.15) is 18.3 Å². The number of H-pyrrole nitrogens is 1. The number of aliphatic hydroxyl groups is 2. The van der Waals surface area contributed by atoms with Gasteiger partial charge < -0.3 is 45.3 Å². The van der Waals surface area contributed by atoms with Crippen LogP contribution >= 0.6 is 21.6 Å². The molecule has 0 amide bonds. The highest BCUT2D eigenvalue weighted by Gasteiger charge is 2.46. The molecule has 67 heavy (non-hydrogen) atoms. The molecule has 5 aromatic carbocycles. The van der Waals surface area contributed by atoms with Gasteiger partial charge in [-0.2, -0.15) is 0 Å². The van der Waals surface area contributed by atoms with E-state index in [-0.39, 0.29) is 47.9 Å². The van der Waals surface area contributed by atoms with Gasteiger partial charge in [0.15, 0.2) is 23.0 Å². The lowest BCUT2D eigenvalue weighted by atomic mass is 9.68. The standard InChI is InChI=1S/C54H63N3O8S2/c1-5-35-10-11-36-8-6-7-9-42(36)43(35)25-44-37(12-14-45(59)51(44)64-4)23-39(20-33-17-19-56-29-33)47(61)26-49(62)54(40-21-34(28-55-3)22-41(58)24-40)18-16-48-50-38(27-54)13-15-46(60)52(50)65-32-57-30-53(2,63)31-66-67-48/h6-15,17,19,21-22,24,29,39,47-48,55-61,63H,5,16,18,20,23,25-28,30-32H2,1-4H3. The number of carbonyl (C=O) groups is 1. The van der Waals surface area contributed by atoms with Gasteiger partial charge >= 0.3 is 0 Å². The molecule has 2 heterocycles. The number of Topliss-reactive ketones (excluding diaryl/α,β-unsaturated/α-hetero) is 1. The topological polar surface area (TPSA) is 177 Å². The molecule has 0 fully saturated rings. The molecule has 8 rings (SSSR count). The summed E-state index contributed by atoms with van der Waals surface area (Å²) in [4.78, 5) is 18.9. The lowest BCUT2D eigenvalue weighted by Gasteiger charge is -2.35.